The molecule has 0 unspecified atom stereocenters. The lowest BCUT2D eigenvalue weighted by Crippen LogP contribution is -2.08. The maximum atomic E-state index is 13.8. The maximum Gasteiger partial charge on any atom is 0.416 e. The lowest BCUT2D eigenvalue weighted by molar-refractivity contribution is -0.137. The van der Waals surface area contributed by atoms with Crippen LogP contribution < -0.4 is 10.1 Å². The number of hydrogen-bond donors (Lipinski definition) is 1. The minimum atomic E-state index is -4.54. The van der Waals surface area contributed by atoms with Crippen molar-refractivity contribution in [3.63, 3.8) is 0 Å². The Bertz CT molecular complexity index is 922. The van der Waals surface area contributed by atoms with Gasteiger partial charge in [-0.15, -0.1) is 0 Å². The van der Waals surface area contributed by atoms with Crippen LogP contribution in [0.1, 0.15) is 11.1 Å². The number of rotatable bonds is 5. The van der Waals surface area contributed by atoms with E-state index in [-0.39, 0.29) is 17.9 Å². The van der Waals surface area contributed by atoms with Gasteiger partial charge in [0.15, 0.2) is 0 Å². The molecule has 0 amide bonds. The molecule has 3 rings (SSSR count). The van der Waals surface area contributed by atoms with Crippen molar-refractivity contribution < 1.29 is 26.7 Å². The third-order valence-corrected chi connectivity index (χ3v) is 3.74. The van der Waals surface area contributed by atoms with Gasteiger partial charge in [-0.3, -0.25) is 0 Å². The molecule has 0 heterocycles. The molecule has 0 spiro atoms. The molecule has 0 aliphatic carbocycles. The topological polar surface area (TPSA) is 21.3 Å². The Balaban J connectivity index is 1.71. The quantitative estimate of drug-likeness (QED) is 0.519. The summed E-state index contributed by atoms with van der Waals surface area (Å²) >= 11 is 0. The van der Waals surface area contributed by atoms with Gasteiger partial charge in [-0.05, 0) is 54.6 Å². The van der Waals surface area contributed by atoms with Crippen LogP contribution in [0.2, 0.25) is 0 Å². The zero-order valence-corrected chi connectivity index (χ0v) is 13.9. The Hall–Kier alpha value is -3.09. The molecule has 0 aliphatic heterocycles. The summed E-state index contributed by atoms with van der Waals surface area (Å²) in [7, 11) is 0. The van der Waals surface area contributed by atoms with Crippen LogP contribution in [0.4, 0.5) is 27.6 Å². The van der Waals surface area contributed by atoms with Gasteiger partial charge in [-0.25, -0.2) is 8.78 Å². The van der Waals surface area contributed by atoms with E-state index in [0.29, 0.717) is 23.3 Å². The van der Waals surface area contributed by atoms with E-state index < -0.39 is 17.6 Å². The highest BCUT2D eigenvalue weighted by Gasteiger charge is 2.31. The molecule has 27 heavy (non-hydrogen) atoms. The Labute approximate surface area is 152 Å². The van der Waals surface area contributed by atoms with Gasteiger partial charge < -0.3 is 10.1 Å². The highest BCUT2D eigenvalue weighted by atomic mass is 19.4. The van der Waals surface area contributed by atoms with E-state index in [9.17, 15) is 22.0 Å². The van der Waals surface area contributed by atoms with Crippen molar-refractivity contribution in [2.75, 3.05) is 5.32 Å². The van der Waals surface area contributed by atoms with Crippen molar-refractivity contribution in [3.05, 3.63) is 89.5 Å². The summed E-state index contributed by atoms with van der Waals surface area (Å²) in [6.45, 7) is -0.129. The summed E-state index contributed by atoms with van der Waals surface area (Å²) in [4.78, 5) is 0. The molecule has 0 aromatic heterocycles. The number of halogens is 5. The van der Waals surface area contributed by atoms with Gasteiger partial charge in [0, 0.05) is 23.9 Å². The molecule has 140 valence electrons. The van der Waals surface area contributed by atoms with Crippen LogP contribution in [0.3, 0.4) is 0 Å². The van der Waals surface area contributed by atoms with Gasteiger partial charge in [-0.1, -0.05) is 6.07 Å². The zero-order chi connectivity index (χ0) is 19.4. The fraction of sp³-hybridized carbons (Fsp3) is 0.100. The minimum Gasteiger partial charge on any atom is -0.457 e. The summed E-state index contributed by atoms with van der Waals surface area (Å²) in [5.41, 5.74) is -0.477. The third kappa shape index (κ3) is 4.97. The van der Waals surface area contributed by atoms with Gasteiger partial charge in [-0.2, -0.15) is 13.2 Å². The summed E-state index contributed by atoms with van der Waals surface area (Å²) in [6, 6.07) is 14.3. The van der Waals surface area contributed by atoms with E-state index in [1.807, 2.05) is 0 Å². The summed E-state index contributed by atoms with van der Waals surface area (Å²) < 4.78 is 70.6. The van der Waals surface area contributed by atoms with Gasteiger partial charge in [0.05, 0.1) is 5.56 Å². The standard InChI is InChI=1S/C20H14F5NO/c21-15-5-7-17(8-6-15)27-18-3-1-2-16(11-18)26-12-13-10-14(20(23,24)25)4-9-19(13)22/h1-11,26H,12H2. The summed E-state index contributed by atoms with van der Waals surface area (Å²) in [6.07, 6.45) is -4.54. The van der Waals surface area contributed by atoms with E-state index in [4.69, 9.17) is 4.74 Å². The monoisotopic (exact) mass is 379 g/mol. The lowest BCUT2D eigenvalue weighted by atomic mass is 10.1. The smallest absolute Gasteiger partial charge is 0.416 e. The van der Waals surface area contributed by atoms with Crippen molar-refractivity contribution >= 4 is 5.69 Å². The van der Waals surface area contributed by atoms with Crippen LogP contribution in [0.25, 0.3) is 0 Å². The molecule has 0 saturated heterocycles. The number of anilines is 1. The van der Waals surface area contributed by atoms with E-state index in [1.165, 1.54) is 24.3 Å². The minimum absolute atomic E-state index is 0.102. The Kier molecular flexibility index (Phi) is 5.30. The number of ether oxygens (including phenoxy) is 1. The molecule has 0 saturated carbocycles. The van der Waals surface area contributed by atoms with Gasteiger partial charge >= 0.3 is 6.18 Å². The average Bonchev–Trinajstić information content (AvgIpc) is 2.62. The molecule has 0 fully saturated rings. The molecule has 0 atom stereocenters. The summed E-state index contributed by atoms with van der Waals surface area (Å²) in [5, 5.41) is 2.87. The predicted molar refractivity (Wildman–Crippen MR) is 91.6 cm³/mol. The molecule has 0 radical (unpaired) electrons. The van der Waals surface area contributed by atoms with Crippen molar-refractivity contribution in [1.82, 2.24) is 0 Å². The fourth-order valence-corrected chi connectivity index (χ4v) is 2.39. The Morgan fingerprint density at radius 1 is 0.815 bits per heavy atom. The first-order valence-electron chi connectivity index (χ1n) is 7.94. The molecule has 0 aliphatic rings. The van der Waals surface area contributed by atoms with Crippen LogP contribution in [-0.4, -0.2) is 0 Å². The zero-order valence-electron chi connectivity index (χ0n) is 13.9. The van der Waals surface area contributed by atoms with E-state index in [1.54, 1.807) is 24.3 Å². The molecule has 1 N–H and O–H groups in total. The highest BCUT2D eigenvalue weighted by Crippen LogP contribution is 2.31. The second-order valence-corrected chi connectivity index (χ2v) is 5.74. The van der Waals surface area contributed by atoms with Gasteiger partial charge in [0.2, 0.25) is 0 Å². The molecular formula is C20H14F5NO. The first-order chi connectivity index (χ1) is 12.8. The van der Waals surface area contributed by atoms with Crippen LogP contribution in [0.5, 0.6) is 11.5 Å². The number of hydrogen-bond acceptors (Lipinski definition) is 2. The predicted octanol–water partition coefficient (Wildman–Crippen LogP) is 6.39. The van der Waals surface area contributed by atoms with Crippen LogP contribution in [-0.2, 0) is 12.7 Å². The number of nitrogens with one attached hydrogen (secondary N) is 1. The second-order valence-electron chi connectivity index (χ2n) is 5.74. The van der Waals surface area contributed by atoms with Crippen molar-refractivity contribution in [3.8, 4) is 11.5 Å². The Morgan fingerprint density at radius 3 is 2.26 bits per heavy atom. The van der Waals surface area contributed by atoms with Crippen molar-refractivity contribution in [1.29, 1.82) is 0 Å². The van der Waals surface area contributed by atoms with Crippen molar-refractivity contribution in [2.24, 2.45) is 0 Å². The molecule has 3 aromatic rings. The third-order valence-electron chi connectivity index (χ3n) is 3.74. The van der Waals surface area contributed by atoms with Crippen molar-refractivity contribution in [2.45, 2.75) is 12.7 Å². The molecule has 7 heteroatoms. The molecule has 3 aromatic carbocycles. The average molecular weight is 379 g/mol. The van der Waals surface area contributed by atoms with E-state index in [2.05, 4.69) is 5.32 Å². The van der Waals surface area contributed by atoms with E-state index in [0.717, 1.165) is 12.1 Å². The first kappa shape index (κ1) is 18.7. The van der Waals surface area contributed by atoms with Gasteiger partial charge in [0.25, 0.3) is 0 Å². The van der Waals surface area contributed by atoms with Crippen LogP contribution in [0.15, 0.2) is 66.7 Å². The largest absolute Gasteiger partial charge is 0.457 e. The van der Waals surface area contributed by atoms with Crippen LogP contribution in [0, 0.1) is 11.6 Å². The second kappa shape index (κ2) is 7.65. The molecule has 2 nitrogen and oxygen atoms in total. The summed E-state index contributed by atoms with van der Waals surface area (Å²) in [5.74, 6) is -0.247. The fourth-order valence-electron chi connectivity index (χ4n) is 2.39. The molecule has 0 bridgehead atoms. The number of alkyl halides is 3. The molecular weight excluding hydrogens is 365 g/mol. The Morgan fingerprint density at radius 2 is 1.56 bits per heavy atom. The van der Waals surface area contributed by atoms with E-state index >= 15 is 0 Å². The highest BCUT2D eigenvalue weighted by molar-refractivity contribution is 5.49. The number of benzene rings is 3. The lowest BCUT2D eigenvalue weighted by Gasteiger charge is -2.12. The SMILES string of the molecule is Fc1ccc(Oc2cccc(NCc3cc(C(F)(F)F)ccc3F)c2)cc1. The van der Waals surface area contributed by atoms with Crippen LogP contribution >= 0.6 is 0 Å². The van der Waals surface area contributed by atoms with Gasteiger partial charge in [0.1, 0.15) is 23.1 Å². The normalized spacial score (nSPS) is 11.3. The first-order valence-corrected chi connectivity index (χ1v) is 7.94. The maximum absolute atomic E-state index is 13.8.